The van der Waals surface area contributed by atoms with Gasteiger partial charge in [0.1, 0.15) is 0 Å². The Balaban J connectivity index is 1.35. The van der Waals surface area contributed by atoms with Crippen molar-refractivity contribution in [3.63, 3.8) is 0 Å². The predicted molar refractivity (Wildman–Crippen MR) is 106 cm³/mol. The number of imidazole rings is 1. The average molecular weight is 377 g/mol. The van der Waals surface area contributed by atoms with E-state index in [0.29, 0.717) is 12.3 Å². The van der Waals surface area contributed by atoms with Gasteiger partial charge in [-0.3, -0.25) is 9.69 Å². The van der Waals surface area contributed by atoms with Gasteiger partial charge in [0, 0.05) is 26.2 Å². The van der Waals surface area contributed by atoms with Crippen LogP contribution in [0.25, 0.3) is 11.0 Å². The molecule has 1 aromatic carbocycles. The van der Waals surface area contributed by atoms with Gasteiger partial charge in [-0.15, -0.1) is 0 Å². The van der Waals surface area contributed by atoms with Crippen LogP contribution in [0.4, 0.5) is 0 Å². The molecule has 2 heterocycles. The molecule has 2 N–H and O–H groups in total. The molecule has 1 aliphatic heterocycles. The number of fused-ring (bicyclic) bond motifs is 1. The van der Waals surface area contributed by atoms with E-state index in [1.54, 1.807) is 0 Å². The van der Waals surface area contributed by atoms with Gasteiger partial charge in [0.25, 0.3) is 0 Å². The standard InChI is InChI=1S/C19H28N4O2S/c1-13-5-6-16-17(9-13)22-19(21-16)26-12-18(24)20-7-4-8-23-10-14(2)25-15(3)11-23/h5-6,9,14-15H,4,7-8,10-12H2,1-3H3,(H,20,24)(H,21,22)/t14-,15-/m1/s1. The van der Waals surface area contributed by atoms with Crippen LogP contribution in [0.1, 0.15) is 25.8 Å². The third-order valence-corrected chi connectivity index (χ3v) is 5.30. The van der Waals surface area contributed by atoms with E-state index in [1.807, 2.05) is 12.1 Å². The fourth-order valence-corrected chi connectivity index (χ4v) is 4.07. The molecule has 0 spiro atoms. The molecule has 2 aromatic rings. The van der Waals surface area contributed by atoms with Gasteiger partial charge < -0.3 is 15.0 Å². The highest BCUT2D eigenvalue weighted by molar-refractivity contribution is 7.99. The molecule has 7 heteroatoms. The minimum Gasteiger partial charge on any atom is -0.373 e. The Hall–Kier alpha value is -1.57. The highest BCUT2D eigenvalue weighted by Gasteiger charge is 2.21. The molecule has 6 nitrogen and oxygen atoms in total. The van der Waals surface area contributed by atoms with Crippen LogP contribution in [0.2, 0.25) is 0 Å². The summed E-state index contributed by atoms with van der Waals surface area (Å²) in [5, 5.41) is 3.79. The molecule has 0 unspecified atom stereocenters. The molecule has 26 heavy (non-hydrogen) atoms. The first kappa shape index (κ1) is 19.2. The van der Waals surface area contributed by atoms with Gasteiger partial charge in [0.05, 0.1) is 29.0 Å². The molecule has 142 valence electrons. The summed E-state index contributed by atoms with van der Waals surface area (Å²) in [6.45, 7) is 9.92. The maximum atomic E-state index is 12.0. The van der Waals surface area contributed by atoms with Crippen molar-refractivity contribution in [1.29, 1.82) is 0 Å². The van der Waals surface area contributed by atoms with Crippen molar-refractivity contribution in [2.45, 2.75) is 44.6 Å². The number of nitrogens with one attached hydrogen (secondary N) is 2. The van der Waals surface area contributed by atoms with Crippen LogP contribution in [-0.4, -0.2) is 64.9 Å². The lowest BCUT2D eigenvalue weighted by Crippen LogP contribution is -2.46. The van der Waals surface area contributed by atoms with E-state index in [1.165, 1.54) is 17.3 Å². The van der Waals surface area contributed by atoms with Gasteiger partial charge in [-0.1, -0.05) is 17.8 Å². The van der Waals surface area contributed by atoms with E-state index in [0.717, 1.165) is 42.2 Å². The minimum atomic E-state index is 0.0513. The van der Waals surface area contributed by atoms with Gasteiger partial charge >= 0.3 is 0 Å². The number of H-pyrrole nitrogens is 1. The predicted octanol–water partition coefficient (Wildman–Crippen LogP) is 2.58. The number of aromatic amines is 1. The third-order valence-electron chi connectivity index (χ3n) is 4.42. The number of hydrogen-bond donors (Lipinski definition) is 2. The maximum Gasteiger partial charge on any atom is 0.230 e. The molecule has 0 aliphatic carbocycles. The molecule has 3 rings (SSSR count). The van der Waals surface area contributed by atoms with Crippen molar-refractivity contribution in [3.05, 3.63) is 23.8 Å². The van der Waals surface area contributed by atoms with E-state index in [9.17, 15) is 4.79 Å². The van der Waals surface area contributed by atoms with Crippen LogP contribution in [0, 0.1) is 6.92 Å². The Bertz CT molecular complexity index is 738. The van der Waals surface area contributed by atoms with Crippen LogP contribution in [0.15, 0.2) is 23.4 Å². The van der Waals surface area contributed by atoms with E-state index >= 15 is 0 Å². The summed E-state index contributed by atoms with van der Waals surface area (Å²) in [4.78, 5) is 22.2. The number of carbonyl (C=O) groups excluding carboxylic acids is 1. The summed E-state index contributed by atoms with van der Waals surface area (Å²) in [6.07, 6.45) is 1.54. The van der Waals surface area contributed by atoms with E-state index in [2.05, 4.69) is 47.0 Å². The number of morpholine rings is 1. The largest absolute Gasteiger partial charge is 0.373 e. The van der Waals surface area contributed by atoms with Crippen molar-refractivity contribution >= 4 is 28.7 Å². The van der Waals surface area contributed by atoms with Gasteiger partial charge in [-0.05, 0) is 44.9 Å². The number of aromatic nitrogens is 2. The van der Waals surface area contributed by atoms with Gasteiger partial charge in [-0.25, -0.2) is 4.98 Å². The van der Waals surface area contributed by atoms with Crippen LogP contribution < -0.4 is 5.32 Å². The first-order valence-corrected chi connectivity index (χ1v) is 10.2. The lowest BCUT2D eigenvalue weighted by Gasteiger charge is -2.35. The molecule has 1 aromatic heterocycles. The second-order valence-electron chi connectivity index (χ2n) is 7.07. The van der Waals surface area contributed by atoms with Crippen LogP contribution in [0.3, 0.4) is 0 Å². The van der Waals surface area contributed by atoms with E-state index < -0.39 is 0 Å². The molecule has 1 amide bonds. The summed E-state index contributed by atoms with van der Waals surface area (Å²) < 4.78 is 5.74. The quantitative estimate of drug-likeness (QED) is 0.574. The van der Waals surface area contributed by atoms with Crippen molar-refractivity contribution in [1.82, 2.24) is 20.2 Å². The first-order valence-electron chi connectivity index (χ1n) is 9.23. The SMILES string of the molecule is Cc1ccc2nc(SCC(=O)NCCCN3C[C@@H](C)O[C@H](C)C3)[nH]c2c1. The zero-order chi connectivity index (χ0) is 18.5. The van der Waals surface area contributed by atoms with Gasteiger partial charge in [-0.2, -0.15) is 0 Å². The van der Waals surface area contributed by atoms with Crippen molar-refractivity contribution < 1.29 is 9.53 Å². The van der Waals surface area contributed by atoms with Crippen molar-refractivity contribution in [3.8, 4) is 0 Å². The lowest BCUT2D eigenvalue weighted by atomic mass is 10.2. The number of thioether (sulfide) groups is 1. The Morgan fingerprint density at radius 1 is 1.38 bits per heavy atom. The highest BCUT2D eigenvalue weighted by atomic mass is 32.2. The Kier molecular flexibility index (Phi) is 6.56. The number of nitrogens with zero attached hydrogens (tertiary/aromatic N) is 2. The molecule has 0 radical (unpaired) electrons. The topological polar surface area (TPSA) is 70.2 Å². The lowest BCUT2D eigenvalue weighted by molar-refractivity contribution is -0.118. The Morgan fingerprint density at radius 2 is 2.15 bits per heavy atom. The number of hydrogen-bond acceptors (Lipinski definition) is 5. The number of carbonyl (C=O) groups is 1. The molecule has 0 saturated carbocycles. The fourth-order valence-electron chi connectivity index (χ4n) is 3.35. The maximum absolute atomic E-state index is 12.0. The summed E-state index contributed by atoms with van der Waals surface area (Å²) in [5.74, 6) is 0.431. The van der Waals surface area contributed by atoms with Crippen LogP contribution in [-0.2, 0) is 9.53 Å². The molecule has 1 fully saturated rings. The normalized spacial score (nSPS) is 21.2. The van der Waals surface area contributed by atoms with Crippen molar-refractivity contribution in [2.24, 2.45) is 0 Å². The number of benzene rings is 1. The minimum absolute atomic E-state index is 0.0513. The summed E-state index contributed by atoms with van der Waals surface area (Å²) in [5.41, 5.74) is 3.15. The molecular formula is C19H28N4O2S. The molecule has 1 aliphatic rings. The summed E-state index contributed by atoms with van der Waals surface area (Å²) in [7, 11) is 0. The molecule has 2 atom stereocenters. The molecular weight excluding hydrogens is 348 g/mol. The zero-order valence-electron chi connectivity index (χ0n) is 15.7. The number of ether oxygens (including phenoxy) is 1. The summed E-state index contributed by atoms with van der Waals surface area (Å²) in [6, 6.07) is 6.11. The number of aryl methyl sites for hydroxylation is 1. The molecule has 0 bridgehead atoms. The fraction of sp³-hybridized carbons (Fsp3) is 0.579. The van der Waals surface area contributed by atoms with E-state index in [4.69, 9.17) is 4.74 Å². The zero-order valence-corrected chi connectivity index (χ0v) is 16.6. The second kappa shape index (κ2) is 8.88. The van der Waals surface area contributed by atoms with Gasteiger partial charge in [0.2, 0.25) is 5.91 Å². The van der Waals surface area contributed by atoms with Crippen LogP contribution in [0.5, 0.6) is 0 Å². The van der Waals surface area contributed by atoms with E-state index in [-0.39, 0.29) is 18.1 Å². The van der Waals surface area contributed by atoms with Gasteiger partial charge in [0.15, 0.2) is 5.16 Å². The van der Waals surface area contributed by atoms with Crippen molar-refractivity contribution in [2.75, 3.05) is 31.9 Å². The smallest absolute Gasteiger partial charge is 0.230 e. The molecule has 1 saturated heterocycles. The Labute approximate surface area is 159 Å². The third kappa shape index (κ3) is 5.46. The average Bonchev–Trinajstić information content (AvgIpc) is 2.98. The van der Waals surface area contributed by atoms with Crippen LogP contribution >= 0.6 is 11.8 Å². The first-order chi connectivity index (χ1) is 12.5. The number of rotatable bonds is 7. The second-order valence-corrected chi connectivity index (χ2v) is 8.04. The monoisotopic (exact) mass is 376 g/mol. The number of amides is 1. The summed E-state index contributed by atoms with van der Waals surface area (Å²) >= 11 is 1.44. The Morgan fingerprint density at radius 3 is 2.92 bits per heavy atom. The highest BCUT2D eigenvalue weighted by Crippen LogP contribution is 2.20.